The van der Waals surface area contributed by atoms with Gasteiger partial charge in [0.15, 0.2) is 0 Å². The first-order valence-electron chi connectivity index (χ1n) is 6.02. The lowest BCUT2D eigenvalue weighted by Gasteiger charge is -2.06. The molecule has 0 spiro atoms. The molecule has 6 nitrogen and oxygen atoms in total. The first-order valence-corrected chi connectivity index (χ1v) is 8.58. The van der Waals surface area contributed by atoms with Gasteiger partial charge in [-0.1, -0.05) is 0 Å². The molecule has 106 valence electrons. The molecular formula is C12H12IN3O3S. The zero-order valence-corrected chi connectivity index (χ0v) is 13.3. The molecule has 0 atom stereocenters. The van der Waals surface area contributed by atoms with E-state index in [1.165, 1.54) is 0 Å². The minimum absolute atomic E-state index is 0.0338. The van der Waals surface area contributed by atoms with Gasteiger partial charge in [0.25, 0.3) is 5.91 Å². The van der Waals surface area contributed by atoms with Gasteiger partial charge in [-0.3, -0.25) is 4.79 Å². The minimum atomic E-state index is -3.76. The highest BCUT2D eigenvalue weighted by Crippen LogP contribution is 2.30. The number of amides is 1. The third-order valence-corrected chi connectivity index (χ3v) is 5.40. The number of carbonyl (C=O) groups excluding carboxylic acids is 1. The molecule has 1 heterocycles. The standard InChI is InChI=1S/C12H12IN3O3S/c13-6-1-4-9-8(5-6)11(10(15-9)12(14)17)20(18,19)16-7-2-3-7/h1,4-5,7,15-16H,2-3H2,(H2,14,17). The fourth-order valence-electron chi connectivity index (χ4n) is 2.07. The van der Waals surface area contributed by atoms with E-state index in [0.29, 0.717) is 10.9 Å². The maximum atomic E-state index is 12.5. The number of nitrogens with one attached hydrogen (secondary N) is 2. The van der Waals surface area contributed by atoms with E-state index < -0.39 is 15.9 Å². The Morgan fingerprint density at radius 1 is 1.40 bits per heavy atom. The molecule has 4 N–H and O–H groups in total. The monoisotopic (exact) mass is 405 g/mol. The molecule has 0 radical (unpaired) electrons. The molecule has 0 unspecified atom stereocenters. The van der Waals surface area contributed by atoms with Gasteiger partial charge in [-0.05, 0) is 53.6 Å². The van der Waals surface area contributed by atoms with Crippen molar-refractivity contribution in [2.75, 3.05) is 0 Å². The van der Waals surface area contributed by atoms with Crippen molar-refractivity contribution in [3.8, 4) is 0 Å². The predicted octanol–water partition coefficient (Wildman–Crippen LogP) is 1.31. The number of rotatable bonds is 4. The first kappa shape index (κ1) is 13.8. The van der Waals surface area contributed by atoms with Crippen LogP contribution in [0.15, 0.2) is 23.1 Å². The average molecular weight is 405 g/mol. The lowest BCUT2D eigenvalue weighted by atomic mass is 10.2. The van der Waals surface area contributed by atoms with Crippen LogP contribution in [0.1, 0.15) is 23.3 Å². The van der Waals surface area contributed by atoms with Crippen LogP contribution in [0, 0.1) is 3.57 Å². The summed E-state index contributed by atoms with van der Waals surface area (Å²) in [6.45, 7) is 0. The Bertz CT molecular complexity index is 809. The number of nitrogens with two attached hydrogens (primary N) is 1. The molecule has 0 aliphatic heterocycles. The van der Waals surface area contributed by atoms with Gasteiger partial charge < -0.3 is 10.7 Å². The molecule has 0 saturated heterocycles. The number of H-pyrrole nitrogens is 1. The maximum Gasteiger partial charge on any atom is 0.266 e. The maximum absolute atomic E-state index is 12.5. The number of hydrogen-bond acceptors (Lipinski definition) is 3. The van der Waals surface area contributed by atoms with E-state index in [4.69, 9.17) is 5.73 Å². The van der Waals surface area contributed by atoms with Gasteiger partial charge in [-0.2, -0.15) is 0 Å². The van der Waals surface area contributed by atoms with Crippen molar-refractivity contribution in [3.63, 3.8) is 0 Å². The summed E-state index contributed by atoms with van der Waals surface area (Å²) >= 11 is 2.09. The molecule has 1 aromatic heterocycles. The second kappa shape index (κ2) is 4.71. The fourth-order valence-corrected chi connectivity index (χ4v) is 4.23. The smallest absolute Gasteiger partial charge is 0.266 e. The Kier molecular flexibility index (Phi) is 3.26. The summed E-state index contributed by atoms with van der Waals surface area (Å²) in [6, 6.07) is 5.25. The third kappa shape index (κ3) is 2.42. The largest absolute Gasteiger partial charge is 0.364 e. The Morgan fingerprint density at radius 2 is 2.10 bits per heavy atom. The molecular weight excluding hydrogens is 393 g/mol. The molecule has 1 fully saturated rings. The van der Waals surface area contributed by atoms with Crippen molar-refractivity contribution in [3.05, 3.63) is 27.5 Å². The molecule has 1 aliphatic rings. The number of aromatic nitrogens is 1. The average Bonchev–Trinajstić information content (AvgIpc) is 3.05. The van der Waals surface area contributed by atoms with Gasteiger partial charge >= 0.3 is 0 Å². The van der Waals surface area contributed by atoms with E-state index in [-0.39, 0.29) is 16.6 Å². The van der Waals surface area contributed by atoms with Gasteiger partial charge in [0.1, 0.15) is 10.6 Å². The summed E-state index contributed by atoms with van der Waals surface area (Å²) in [5, 5.41) is 0.485. The SMILES string of the molecule is NC(=O)c1[nH]c2ccc(I)cc2c1S(=O)(=O)NC1CC1. The third-order valence-electron chi connectivity index (χ3n) is 3.13. The normalized spacial score (nSPS) is 15.7. The molecule has 0 bridgehead atoms. The van der Waals surface area contributed by atoms with Crippen LogP contribution in [0.3, 0.4) is 0 Å². The van der Waals surface area contributed by atoms with Crippen molar-refractivity contribution in [1.29, 1.82) is 0 Å². The van der Waals surface area contributed by atoms with Crippen LogP contribution < -0.4 is 10.5 Å². The second-order valence-corrected chi connectivity index (χ2v) is 7.68. The zero-order chi connectivity index (χ0) is 14.5. The molecule has 20 heavy (non-hydrogen) atoms. The summed E-state index contributed by atoms with van der Waals surface area (Å²) in [7, 11) is -3.76. The van der Waals surface area contributed by atoms with Gasteiger partial charge in [0.2, 0.25) is 10.0 Å². The number of aromatic amines is 1. The Morgan fingerprint density at radius 3 is 2.70 bits per heavy atom. The van der Waals surface area contributed by atoms with Crippen molar-refractivity contribution < 1.29 is 13.2 Å². The van der Waals surface area contributed by atoms with Crippen LogP contribution in [0.5, 0.6) is 0 Å². The second-order valence-electron chi connectivity index (χ2n) is 4.78. The molecule has 1 aromatic carbocycles. The number of fused-ring (bicyclic) bond motifs is 1. The summed E-state index contributed by atoms with van der Waals surface area (Å²) in [5.41, 5.74) is 5.80. The van der Waals surface area contributed by atoms with Crippen LogP contribution in [-0.2, 0) is 10.0 Å². The van der Waals surface area contributed by atoms with Gasteiger partial charge in [0, 0.05) is 20.5 Å². The van der Waals surface area contributed by atoms with Crippen LogP contribution in [0.2, 0.25) is 0 Å². The highest BCUT2D eigenvalue weighted by Gasteiger charge is 2.32. The zero-order valence-electron chi connectivity index (χ0n) is 10.3. The highest BCUT2D eigenvalue weighted by atomic mass is 127. The van der Waals surface area contributed by atoms with Crippen molar-refractivity contribution >= 4 is 49.4 Å². The molecule has 2 aromatic rings. The van der Waals surface area contributed by atoms with E-state index in [1.807, 2.05) is 6.07 Å². The van der Waals surface area contributed by atoms with E-state index >= 15 is 0 Å². The Hall–Kier alpha value is -1.13. The summed E-state index contributed by atoms with van der Waals surface area (Å²) in [6.07, 6.45) is 1.65. The minimum Gasteiger partial charge on any atom is -0.364 e. The molecule has 3 rings (SSSR count). The van der Waals surface area contributed by atoms with E-state index in [1.54, 1.807) is 12.1 Å². The Labute approximate surface area is 129 Å². The van der Waals surface area contributed by atoms with Gasteiger partial charge in [-0.25, -0.2) is 13.1 Å². The predicted molar refractivity (Wildman–Crippen MR) is 82.9 cm³/mol. The first-order chi connectivity index (χ1) is 9.38. The van der Waals surface area contributed by atoms with Crippen LogP contribution in [0.25, 0.3) is 10.9 Å². The lowest BCUT2D eigenvalue weighted by Crippen LogP contribution is -2.28. The molecule has 1 aliphatic carbocycles. The van der Waals surface area contributed by atoms with Crippen molar-refractivity contribution in [2.24, 2.45) is 5.73 Å². The molecule has 1 saturated carbocycles. The number of halogens is 1. The van der Waals surface area contributed by atoms with Gasteiger partial charge in [-0.15, -0.1) is 0 Å². The topological polar surface area (TPSA) is 105 Å². The number of hydrogen-bond donors (Lipinski definition) is 3. The van der Waals surface area contributed by atoms with Crippen molar-refractivity contribution in [1.82, 2.24) is 9.71 Å². The number of sulfonamides is 1. The summed E-state index contributed by atoms with van der Waals surface area (Å²) < 4.78 is 28.4. The number of benzene rings is 1. The van der Waals surface area contributed by atoms with Crippen molar-refractivity contribution in [2.45, 2.75) is 23.8 Å². The summed E-state index contributed by atoms with van der Waals surface area (Å²) in [5.74, 6) is -0.785. The molecule has 8 heteroatoms. The molecule has 1 amide bonds. The summed E-state index contributed by atoms with van der Waals surface area (Å²) in [4.78, 5) is 14.3. The highest BCUT2D eigenvalue weighted by molar-refractivity contribution is 14.1. The Balaban J connectivity index is 2.27. The van der Waals surface area contributed by atoms with Crippen LogP contribution >= 0.6 is 22.6 Å². The lowest BCUT2D eigenvalue weighted by molar-refractivity contribution is 0.0993. The van der Waals surface area contributed by atoms with Crippen LogP contribution in [0.4, 0.5) is 0 Å². The van der Waals surface area contributed by atoms with E-state index in [2.05, 4.69) is 32.3 Å². The fraction of sp³-hybridized carbons (Fsp3) is 0.250. The van der Waals surface area contributed by atoms with Crippen LogP contribution in [-0.4, -0.2) is 25.4 Å². The van der Waals surface area contributed by atoms with Gasteiger partial charge in [0.05, 0.1) is 0 Å². The van der Waals surface area contributed by atoms with E-state index in [9.17, 15) is 13.2 Å². The quantitative estimate of drug-likeness (QED) is 0.668. The van der Waals surface area contributed by atoms with E-state index in [0.717, 1.165) is 16.4 Å². The number of primary amides is 1. The number of carbonyl (C=O) groups is 1.